The fraction of sp³-hybridized carbons (Fsp3) is 1.00. The Morgan fingerprint density at radius 2 is 1.58 bits per heavy atom. The van der Waals surface area contributed by atoms with Crippen molar-refractivity contribution in [2.24, 2.45) is 11.3 Å². The highest BCUT2D eigenvalue weighted by molar-refractivity contribution is 7.99. The van der Waals surface area contributed by atoms with Crippen LogP contribution in [0.4, 0.5) is 0 Å². The fourth-order valence-corrected chi connectivity index (χ4v) is 2.59. The predicted molar refractivity (Wildman–Crippen MR) is 60.9 cm³/mol. The second kappa shape index (κ2) is 5.90. The standard InChI is InChI=1S/C11H24S/c1-6-10(7-2)8-12-9-11(3,4)5/h10H,6-9H2,1-5H3. The monoisotopic (exact) mass is 188 g/mol. The van der Waals surface area contributed by atoms with Crippen LogP contribution in [0, 0.1) is 11.3 Å². The molecule has 0 fully saturated rings. The summed E-state index contributed by atoms with van der Waals surface area (Å²) in [7, 11) is 0. The van der Waals surface area contributed by atoms with Crippen molar-refractivity contribution in [2.45, 2.75) is 47.5 Å². The molecule has 0 N–H and O–H groups in total. The van der Waals surface area contributed by atoms with Gasteiger partial charge in [-0.3, -0.25) is 0 Å². The van der Waals surface area contributed by atoms with Gasteiger partial charge in [-0.05, 0) is 22.8 Å². The lowest BCUT2D eigenvalue weighted by Gasteiger charge is -2.19. The van der Waals surface area contributed by atoms with E-state index in [2.05, 4.69) is 46.4 Å². The Labute approximate surface area is 82.5 Å². The van der Waals surface area contributed by atoms with Crippen LogP contribution >= 0.6 is 11.8 Å². The van der Waals surface area contributed by atoms with Gasteiger partial charge in [-0.2, -0.15) is 11.8 Å². The first-order valence-electron chi connectivity index (χ1n) is 5.07. The molecule has 0 heterocycles. The number of rotatable bonds is 5. The predicted octanol–water partition coefficient (Wildman–Crippen LogP) is 4.20. The zero-order chi connectivity index (χ0) is 9.61. The Hall–Kier alpha value is 0.350. The molecule has 0 saturated carbocycles. The maximum absolute atomic E-state index is 2.31. The van der Waals surface area contributed by atoms with Gasteiger partial charge in [0.05, 0.1) is 0 Å². The van der Waals surface area contributed by atoms with Crippen molar-refractivity contribution in [3.63, 3.8) is 0 Å². The maximum Gasteiger partial charge on any atom is -0.00186 e. The highest BCUT2D eigenvalue weighted by Gasteiger charge is 2.11. The van der Waals surface area contributed by atoms with E-state index in [4.69, 9.17) is 0 Å². The summed E-state index contributed by atoms with van der Waals surface area (Å²) in [6.07, 6.45) is 2.68. The van der Waals surface area contributed by atoms with Crippen molar-refractivity contribution in [1.82, 2.24) is 0 Å². The SMILES string of the molecule is CCC(CC)CSCC(C)(C)C. The smallest absolute Gasteiger partial charge is 0.00186 e. The molecule has 0 radical (unpaired) electrons. The summed E-state index contributed by atoms with van der Waals surface area (Å²) < 4.78 is 0. The van der Waals surface area contributed by atoms with Crippen LogP contribution in [0.25, 0.3) is 0 Å². The average Bonchev–Trinajstić information content (AvgIpc) is 1.96. The number of hydrogen-bond donors (Lipinski definition) is 0. The van der Waals surface area contributed by atoms with Crippen LogP contribution in [-0.4, -0.2) is 11.5 Å². The highest BCUT2D eigenvalue weighted by Crippen LogP contribution is 2.23. The van der Waals surface area contributed by atoms with Crippen LogP contribution in [0.15, 0.2) is 0 Å². The lowest BCUT2D eigenvalue weighted by molar-refractivity contribution is 0.478. The summed E-state index contributed by atoms with van der Waals surface area (Å²) in [4.78, 5) is 0. The number of hydrogen-bond acceptors (Lipinski definition) is 1. The largest absolute Gasteiger partial charge is 0.161 e. The van der Waals surface area contributed by atoms with Gasteiger partial charge in [-0.25, -0.2) is 0 Å². The molecule has 0 amide bonds. The molecule has 0 aliphatic heterocycles. The minimum atomic E-state index is 0.497. The molecule has 1 heteroatoms. The van der Waals surface area contributed by atoms with E-state index in [0.717, 1.165) is 5.92 Å². The van der Waals surface area contributed by atoms with E-state index in [0.29, 0.717) is 5.41 Å². The summed E-state index contributed by atoms with van der Waals surface area (Å²) in [5, 5.41) is 0. The summed E-state index contributed by atoms with van der Waals surface area (Å²) in [5.41, 5.74) is 0.497. The number of thioether (sulfide) groups is 1. The highest BCUT2D eigenvalue weighted by atomic mass is 32.2. The van der Waals surface area contributed by atoms with Crippen molar-refractivity contribution in [1.29, 1.82) is 0 Å². The van der Waals surface area contributed by atoms with Gasteiger partial charge >= 0.3 is 0 Å². The third-order valence-electron chi connectivity index (χ3n) is 2.04. The van der Waals surface area contributed by atoms with Gasteiger partial charge in [0.1, 0.15) is 0 Å². The van der Waals surface area contributed by atoms with Crippen LogP contribution in [-0.2, 0) is 0 Å². The van der Waals surface area contributed by atoms with E-state index in [9.17, 15) is 0 Å². The van der Waals surface area contributed by atoms with Crippen LogP contribution in [0.2, 0.25) is 0 Å². The summed E-state index contributed by atoms with van der Waals surface area (Å²) in [6.45, 7) is 11.5. The van der Waals surface area contributed by atoms with E-state index in [1.54, 1.807) is 0 Å². The van der Waals surface area contributed by atoms with Gasteiger partial charge in [0.15, 0.2) is 0 Å². The van der Waals surface area contributed by atoms with E-state index in [1.165, 1.54) is 24.3 Å². The normalized spacial score (nSPS) is 12.5. The van der Waals surface area contributed by atoms with Crippen molar-refractivity contribution in [3.8, 4) is 0 Å². The van der Waals surface area contributed by atoms with Gasteiger partial charge in [0.25, 0.3) is 0 Å². The second-order valence-electron chi connectivity index (χ2n) is 4.76. The summed E-state index contributed by atoms with van der Waals surface area (Å²) in [5.74, 6) is 3.59. The maximum atomic E-state index is 2.31. The van der Waals surface area contributed by atoms with Gasteiger partial charge in [-0.15, -0.1) is 0 Å². The Morgan fingerprint density at radius 1 is 1.08 bits per heavy atom. The molecule has 0 aliphatic carbocycles. The molecule has 0 nitrogen and oxygen atoms in total. The first-order chi connectivity index (χ1) is 5.49. The quantitative estimate of drug-likeness (QED) is 0.623. The van der Waals surface area contributed by atoms with Crippen LogP contribution in [0.1, 0.15) is 47.5 Å². The molecule has 0 rings (SSSR count). The zero-order valence-corrected chi connectivity index (χ0v) is 10.1. The van der Waals surface area contributed by atoms with Crippen LogP contribution in [0.5, 0.6) is 0 Å². The van der Waals surface area contributed by atoms with Crippen molar-refractivity contribution < 1.29 is 0 Å². The Bertz CT molecular complexity index is 98.1. The molecule has 0 bridgehead atoms. The molecule has 0 aromatic carbocycles. The van der Waals surface area contributed by atoms with Gasteiger partial charge in [0.2, 0.25) is 0 Å². The van der Waals surface area contributed by atoms with E-state index in [-0.39, 0.29) is 0 Å². The van der Waals surface area contributed by atoms with Gasteiger partial charge in [0, 0.05) is 0 Å². The molecular weight excluding hydrogens is 164 g/mol. The van der Waals surface area contributed by atoms with E-state index < -0.39 is 0 Å². The average molecular weight is 188 g/mol. The third-order valence-corrected chi connectivity index (χ3v) is 3.82. The Kier molecular flexibility index (Phi) is 6.08. The minimum absolute atomic E-state index is 0.497. The van der Waals surface area contributed by atoms with Crippen molar-refractivity contribution in [3.05, 3.63) is 0 Å². The molecular formula is C11H24S. The van der Waals surface area contributed by atoms with Gasteiger partial charge in [-0.1, -0.05) is 47.5 Å². The molecule has 0 unspecified atom stereocenters. The van der Waals surface area contributed by atoms with Crippen LogP contribution < -0.4 is 0 Å². The van der Waals surface area contributed by atoms with Crippen molar-refractivity contribution >= 4 is 11.8 Å². The van der Waals surface area contributed by atoms with Gasteiger partial charge < -0.3 is 0 Å². The third kappa shape index (κ3) is 7.02. The molecule has 0 aliphatic rings. The first kappa shape index (κ1) is 12.3. The lowest BCUT2D eigenvalue weighted by atomic mass is 10.0. The Balaban J connectivity index is 3.41. The second-order valence-corrected chi connectivity index (χ2v) is 5.79. The van der Waals surface area contributed by atoms with E-state index >= 15 is 0 Å². The molecule has 0 aromatic rings. The fourth-order valence-electron chi connectivity index (χ4n) is 1.06. The Morgan fingerprint density at radius 3 is 1.92 bits per heavy atom. The first-order valence-corrected chi connectivity index (χ1v) is 6.22. The van der Waals surface area contributed by atoms with Crippen molar-refractivity contribution in [2.75, 3.05) is 11.5 Å². The summed E-state index contributed by atoms with van der Waals surface area (Å²) >= 11 is 2.12. The molecule has 0 spiro atoms. The molecule has 12 heavy (non-hydrogen) atoms. The topological polar surface area (TPSA) is 0 Å². The molecule has 74 valence electrons. The summed E-state index contributed by atoms with van der Waals surface area (Å²) in [6, 6.07) is 0. The molecule has 0 saturated heterocycles. The zero-order valence-electron chi connectivity index (χ0n) is 9.31. The minimum Gasteiger partial charge on any atom is -0.161 e. The van der Waals surface area contributed by atoms with E-state index in [1.807, 2.05) is 0 Å². The molecule has 0 aromatic heterocycles. The molecule has 0 atom stereocenters. The van der Waals surface area contributed by atoms with Crippen LogP contribution in [0.3, 0.4) is 0 Å². The lowest BCUT2D eigenvalue weighted by Crippen LogP contribution is -2.10.